The number of rotatable bonds is 4. The molecule has 0 unspecified atom stereocenters. The maximum Gasteiger partial charge on any atom is 0.161 e. The van der Waals surface area contributed by atoms with Crippen LogP contribution in [-0.4, -0.2) is 25.8 Å². The third kappa shape index (κ3) is 2.63. The van der Waals surface area contributed by atoms with Crippen LogP contribution in [-0.2, 0) is 0 Å². The van der Waals surface area contributed by atoms with E-state index in [-0.39, 0.29) is 6.10 Å². The van der Waals surface area contributed by atoms with Crippen LogP contribution in [0.1, 0.15) is 13.3 Å². The van der Waals surface area contributed by atoms with E-state index in [0.717, 1.165) is 31.0 Å². The van der Waals surface area contributed by atoms with Crippen LogP contribution in [0.5, 0.6) is 11.5 Å². The lowest BCUT2D eigenvalue weighted by Crippen LogP contribution is -2.19. The van der Waals surface area contributed by atoms with Crippen LogP contribution in [0.4, 0.5) is 0 Å². The molecule has 1 aromatic rings. The summed E-state index contributed by atoms with van der Waals surface area (Å²) in [7, 11) is 0. The quantitative estimate of drug-likeness (QED) is 0.817. The molecule has 0 spiro atoms. The van der Waals surface area contributed by atoms with Crippen molar-refractivity contribution >= 4 is 0 Å². The number of benzene rings is 1. The van der Waals surface area contributed by atoms with Gasteiger partial charge >= 0.3 is 0 Å². The van der Waals surface area contributed by atoms with Gasteiger partial charge in [0, 0.05) is 6.54 Å². The number of hydrogen-bond acceptors (Lipinski definition) is 3. The van der Waals surface area contributed by atoms with Crippen molar-refractivity contribution in [3.8, 4) is 11.5 Å². The second kappa shape index (κ2) is 5.03. The topological polar surface area (TPSA) is 30.5 Å². The van der Waals surface area contributed by atoms with Crippen molar-refractivity contribution in [3.63, 3.8) is 0 Å². The third-order valence-corrected chi connectivity index (χ3v) is 2.46. The van der Waals surface area contributed by atoms with Gasteiger partial charge in [-0.1, -0.05) is 12.1 Å². The summed E-state index contributed by atoms with van der Waals surface area (Å²) in [6, 6.07) is 7.84. The Labute approximate surface area is 90.4 Å². The summed E-state index contributed by atoms with van der Waals surface area (Å²) < 4.78 is 11.4. The summed E-state index contributed by atoms with van der Waals surface area (Å²) in [4.78, 5) is 0. The summed E-state index contributed by atoms with van der Waals surface area (Å²) in [6.07, 6.45) is 1.35. The van der Waals surface area contributed by atoms with Gasteiger partial charge < -0.3 is 14.8 Å². The summed E-state index contributed by atoms with van der Waals surface area (Å²) >= 11 is 0. The summed E-state index contributed by atoms with van der Waals surface area (Å²) in [5.41, 5.74) is 0. The van der Waals surface area contributed by atoms with Gasteiger partial charge in [0.1, 0.15) is 6.10 Å². The molecular weight excluding hydrogens is 190 g/mol. The Bertz CT molecular complexity index is 308. The van der Waals surface area contributed by atoms with Crippen LogP contribution >= 0.6 is 0 Å². The second-order valence-corrected chi connectivity index (χ2v) is 3.61. The Morgan fingerprint density at radius 1 is 1.33 bits per heavy atom. The van der Waals surface area contributed by atoms with E-state index in [4.69, 9.17) is 9.47 Å². The highest BCUT2D eigenvalue weighted by atomic mass is 16.5. The molecule has 0 amide bonds. The first-order valence-corrected chi connectivity index (χ1v) is 5.49. The summed E-state index contributed by atoms with van der Waals surface area (Å²) in [5.74, 6) is 1.69. The van der Waals surface area contributed by atoms with Crippen LogP contribution < -0.4 is 14.8 Å². The van der Waals surface area contributed by atoms with Gasteiger partial charge in [0.15, 0.2) is 11.5 Å². The van der Waals surface area contributed by atoms with Gasteiger partial charge in [0.2, 0.25) is 0 Å². The fourth-order valence-electron chi connectivity index (χ4n) is 1.73. The van der Waals surface area contributed by atoms with E-state index in [1.54, 1.807) is 0 Å². The minimum Gasteiger partial charge on any atom is -0.490 e. The van der Waals surface area contributed by atoms with Crippen molar-refractivity contribution in [1.82, 2.24) is 5.32 Å². The average Bonchev–Trinajstić information content (AvgIpc) is 2.74. The zero-order valence-electron chi connectivity index (χ0n) is 9.03. The standard InChI is InChI=1S/C12H17NO2/c1-2-14-11-5-3-4-6-12(11)15-10-7-8-13-9-10/h3-6,10,13H,2,7-9H2,1H3/t10-/m0/s1. The molecule has 2 rings (SSSR count). The largest absolute Gasteiger partial charge is 0.490 e. The lowest BCUT2D eigenvalue weighted by molar-refractivity contribution is 0.208. The van der Waals surface area contributed by atoms with E-state index in [0.29, 0.717) is 6.61 Å². The number of hydrogen-bond donors (Lipinski definition) is 1. The van der Waals surface area contributed by atoms with Gasteiger partial charge in [-0.3, -0.25) is 0 Å². The first kappa shape index (κ1) is 10.3. The van der Waals surface area contributed by atoms with Crippen LogP contribution in [0.25, 0.3) is 0 Å². The highest BCUT2D eigenvalue weighted by Gasteiger charge is 2.17. The van der Waals surface area contributed by atoms with Crippen LogP contribution in [0.15, 0.2) is 24.3 Å². The van der Waals surface area contributed by atoms with E-state index >= 15 is 0 Å². The SMILES string of the molecule is CCOc1ccccc1O[C@H]1CCNC1. The molecule has 1 N–H and O–H groups in total. The van der Waals surface area contributed by atoms with Gasteiger partial charge in [-0.25, -0.2) is 0 Å². The molecule has 3 nitrogen and oxygen atoms in total. The fourth-order valence-corrected chi connectivity index (χ4v) is 1.73. The fraction of sp³-hybridized carbons (Fsp3) is 0.500. The normalized spacial score (nSPS) is 20.2. The lowest BCUT2D eigenvalue weighted by Gasteiger charge is -2.15. The van der Waals surface area contributed by atoms with Crippen molar-refractivity contribution in [2.24, 2.45) is 0 Å². The molecule has 3 heteroatoms. The van der Waals surface area contributed by atoms with Gasteiger partial charge in [0.25, 0.3) is 0 Å². The van der Waals surface area contributed by atoms with Gasteiger partial charge in [-0.15, -0.1) is 0 Å². The van der Waals surface area contributed by atoms with Crippen molar-refractivity contribution in [2.45, 2.75) is 19.4 Å². The third-order valence-electron chi connectivity index (χ3n) is 2.46. The van der Waals surface area contributed by atoms with Crippen molar-refractivity contribution in [3.05, 3.63) is 24.3 Å². The molecule has 0 radical (unpaired) electrons. The molecule has 0 aliphatic carbocycles. The Kier molecular flexibility index (Phi) is 3.45. The molecule has 0 bridgehead atoms. The minimum absolute atomic E-state index is 0.284. The van der Waals surface area contributed by atoms with Crippen molar-refractivity contribution < 1.29 is 9.47 Å². The molecule has 15 heavy (non-hydrogen) atoms. The zero-order chi connectivity index (χ0) is 10.5. The molecule has 1 saturated heterocycles. The minimum atomic E-state index is 0.284. The van der Waals surface area contributed by atoms with Crippen LogP contribution in [0.3, 0.4) is 0 Å². The maximum absolute atomic E-state index is 5.87. The van der Waals surface area contributed by atoms with Crippen LogP contribution in [0.2, 0.25) is 0 Å². The lowest BCUT2D eigenvalue weighted by atomic mass is 10.3. The van der Waals surface area contributed by atoms with Crippen molar-refractivity contribution in [2.75, 3.05) is 19.7 Å². The van der Waals surface area contributed by atoms with Gasteiger partial charge in [-0.2, -0.15) is 0 Å². The molecule has 1 aromatic carbocycles. The van der Waals surface area contributed by atoms with E-state index in [9.17, 15) is 0 Å². The molecule has 1 atom stereocenters. The first-order valence-electron chi connectivity index (χ1n) is 5.49. The molecular formula is C12H17NO2. The molecule has 82 valence electrons. The van der Waals surface area contributed by atoms with E-state index in [1.165, 1.54) is 0 Å². The van der Waals surface area contributed by atoms with Gasteiger partial charge in [-0.05, 0) is 32.0 Å². The first-order chi connectivity index (χ1) is 7.40. The van der Waals surface area contributed by atoms with Gasteiger partial charge in [0.05, 0.1) is 6.61 Å². The highest BCUT2D eigenvalue weighted by Crippen LogP contribution is 2.28. The van der Waals surface area contributed by atoms with Crippen molar-refractivity contribution in [1.29, 1.82) is 0 Å². The Morgan fingerprint density at radius 2 is 2.13 bits per heavy atom. The monoisotopic (exact) mass is 207 g/mol. The van der Waals surface area contributed by atoms with E-state index in [2.05, 4.69) is 5.32 Å². The predicted octanol–water partition coefficient (Wildman–Crippen LogP) is 1.83. The zero-order valence-corrected chi connectivity index (χ0v) is 9.03. The second-order valence-electron chi connectivity index (χ2n) is 3.61. The summed E-state index contributed by atoms with van der Waals surface area (Å²) in [6.45, 7) is 4.62. The molecule has 1 aliphatic heterocycles. The highest BCUT2D eigenvalue weighted by molar-refractivity contribution is 5.39. The number of nitrogens with one attached hydrogen (secondary N) is 1. The number of ether oxygens (including phenoxy) is 2. The maximum atomic E-state index is 5.87. The predicted molar refractivity (Wildman–Crippen MR) is 59.5 cm³/mol. The average molecular weight is 207 g/mol. The molecule has 0 saturated carbocycles. The van der Waals surface area contributed by atoms with Crippen LogP contribution in [0, 0.1) is 0 Å². The molecule has 1 aliphatic rings. The molecule has 0 aromatic heterocycles. The summed E-state index contributed by atoms with van der Waals surface area (Å²) in [5, 5.41) is 3.28. The smallest absolute Gasteiger partial charge is 0.161 e. The Morgan fingerprint density at radius 3 is 2.80 bits per heavy atom. The molecule has 1 fully saturated rings. The number of para-hydroxylation sites is 2. The molecule has 1 heterocycles. The van der Waals surface area contributed by atoms with E-state index in [1.807, 2.05) is 31.2 Å². The van der Waals surface area contributed by atoms with E-state index < -0.39 is 0 Å². The Hall–Kier alpha value is -1.22. The Balaban J connectivity index is 2.05.